The maximum absolute atomic E-state index is 14.0. The number of nitrogens with one attached hydrogen (secondary N) is 1. The summed E-state index contributed by atoms with van der Waals surface area (Å²) in [7, 11) is 0. The number of nitrogens with zero attached hydrogens (tertiary/aromatic N) is 2. The van der Waals surface area contributed by atoms with Crippen LogP contribution in [-0.4, -0.2) is 4.57 Å². The molecule has 0 aliphatic heterocycles. The molecule has 0 unspecified atom stereocenters. The molecule has 2 aromatic heterocycles. The fourth-order valence-corrected chi connectivity index (χ4v) is 3.92. The lowest BCUT2D eigenvalue weighted by Gasteiger charge is -2.10. The molecule has 7 heteroatoms. The van der Waals surface area contributed by atoms with Gasteiger partial charge in [0, 0.05) is 11.5 Å². The van der Waals surface area contributed by atoms with Gasteiger partial charge >= 0.3 is 0 Å². The van der Waals surface area contributed by atoms with Crippen LogP contribution in [0.4, 0.5) is 20.2 Å². The summed E-state index contributed by atoms with van der Waals surface area (Å²) in [6.45, 7) is 0. The maximum Gasteiger partial charge on any atom is 0.256 e. The second kappa shape index (κ2) is 6.67. The van der Waals surface area contributed by atoms with Gasteiger partial charge in [0.2, 0.25) is 0 Å². The molecule has 0 spiro atoms. The Hall–Kier alpha value is -3.50. The molecule has 27 heavy (non-hydrogen) atoms. The largest absolute Gasteiger partial charge is 0.348 e. The maximum atomic E-state index is 14.0. The van der Waals surface area contributed by atoms with E-state index in [1.54, 1.807) is 30.3 Å². The number of fused-ring (bicyclic) bond motifs is 1. The van der Waals surface area contributed by atoms with Gasteiger partial charge in [0.15, 0.2) is 0 Å². The van der Waals surface area contributed by atoms with Crippen molar-refractivity contribution in [3.8, 4) is 11.8 Å². The fourth-order valence-electron chi connectivity index (χ4n) is 2.85. The molecule has 0 aliphatic carbocycles. The number of hydrogen-bond donors (Lipinski definition) is 1. The van der Waals surface area contributed by atoms with Crippen LogP contribution < -0.4 is 10.9 Å². The molecule has 0 saturated carbocycles. The van der Waals surface area contributed by atoms with Crippen molar-refractivity contribution in [2.75, 3.05) is 5.32 Å². The van der Waals surface area contributed by atoms with Crippen molar-refractivity contribution in [1.29, 1.82) is 5.26 Å². The predicted molar refractivity (Wildman–Crippen MR) is 102 cm³/mol. The fraction of sp³-hybridized carbons (Fsp3) is 0. The third kappa shape index (κ3) is 2.86. The number of hydrogen-bond acceptors (Lipinski definition) is 4. The number of pyridine rings is 1. The highest BCUT2D eigenvalue weighted by Crippen LogP contribution is 2.38. The van der Waals surface area contributed by atoms with Gasteiger partial charge in [-0.15, -0.1) is 11.3 Å². The average Bonchev–Trinajstić information content (AvgIpc) is 3.02. The minimum atomic E-state index is -0.769. The predicted octanol–water partition coefficient (Wildman–Crippen LogP) is 4.95. The molecule has 4 rings (SSSR count). The van der Waals surface area contributed by atoms with E-state index < -0.39 is 11.6 Å². The van der Waals surface area contributed by atoms with E-state index in [1.807, 2.05) is 12.1 Å². The minimum Gasteiger partial charge on any atom is -0.348 e. The summed E-state index contributed by atoms with van der Waals surface area (Å²) in [6, 6.07) is 17.5. The molecule has 0 aliphatic rings. The first kappa shape index (κ1) is 16.9. The van der Waals surface area contributed by atoms with Crippen LogP contribution >= 0.6 is 11.3 Å². The van der Waals surface area contributed by atoms with E-state index in [4.69, 9.17) is 0 Å². The van der Waals surface area contributed by atoms with E-state index in [0.29, 0.717) is 15.9 Å². The second-order valence-electron chi connectivity index (χ2n) is 5.70. The molecular formula is C20H11F2N3OS. The lowest BCUT2D eigenvalue weighted by atomic mass is 10.2. The molecule has 0 amide bonds. The molecule has 4 aromatic rings. The van der Waals surface area contributed by atoms with E-state index in [2.05, 4.69) is 5.32 Å². The molecular weight excluding hydrogens is 368 g/mol. The van der Waals surface area contributed by atoms with Crippen molar-refractivity contribution in [2.45, 2.75) is 0 Å². The SMILES string of the molecule is N#Cc1sc2c(ccc(=O)n2-c2ccccc2)c1Nc1c(F)cccc1F. The molecule has 1 N–H and O–H groups in total. The highest BCUT2D eigenvalue weighted by molar-refractivity contribution is 7.20. The molecule has 0 bridgehead atoms. The van der Waals surface area contributed by atoms with Crippen molar-refractivity contribution < 1.29 is 8.78 Å². The van der Waals surface area contributed by atoms with Gasteiger partial charge in [0.1, 0.15) is 33.1 Å². The van der Waals surface area contributed by atoms with Crippen LogP contribution in [0.5, 0.6) is 0 Å². The number of nitriles is 1. The number of anilines is 2. The minimum absolute atomic E-state index is 0.225. The Morgan fingerprint density at radius 1 is 0.926 bits per heavy atom. The van der Waals surface area contributed by atoms with Gasteiger partial charge in [-0.05, 0) is 30.3 Å². The highest BCUT2D eigenvalue weighted by atomic mass is 32.1. The average molecular weight is 379 g/mol. The Morgan fingerprint density at radius 3 is 2.30 bits per heavy atom. The molecule has 4 nitrogen and oxygen atoms in total. The molecule has 0 atom stereocenters. The van der Waals surface area contributed by atoms with Crippen molar-refractivity contribution in [3.63, 3.8) is 0 Å². The highest BCUT2D eigenvalue weighted by Gasteiger charge is 2.19. The zero-order valence-corrected chi connectivity index (χ0v) is 14.6. The quantitative estimate of drug-likeness (QED) is 0.548. The first-order chi connectivity index (χ1) is 13.1. The summed E-state index contributed by atoms with van der Waals surface area (Å²) in [5, 5.41) is 12.7. The Kier molecular flexibility index (Phi) is 4.18. The van der Waals surface area contributed by atoms with Crippen molar-refractivity contribution >= 4 is 32.9 Å². The lowest BCUT2D eigenvalue weighted by molar-refractivity contribution is 0.591. The lowest BCUT2D eigenvalue weighted by Crippen LogP contribution is -2.16. The van der Waals surface area contributed by atoms with Crippen molar-refractivity contribution in [3.05, 3.63) is 87.5 Å². The summed E-state index contributed by atoms with van der Waals surface area (Å²) in [6.07, 6.45) is 0. The van der Waals surface area contributed by atoms with Crippen LogP contribution in [0.1, 0.15) is 4.88 Å². The van der Waals surface area contributed by atoms with Gasteiger partial charge < -0.3 is 5.32 Å². The third-order valence-electron chi connectivity index (χ3n) is 4.07. The molecule has 0 fully saturated rings. The monoisotopic (exact) mass is 379 g/mol. The number of halogens is 2. The summed E-state index contributed by atoms with van der Waals surface area (Å²) in [5.74, 6) is -1.54. The van der Waals surface area contributed by atoms with Crippen molar-refractivity contribution in [1.82, 2.24) is 4.57 Å². The van der Waals surface area contributed by atoms with E-state index in [0.717, 1.165) is 23.5 Å². The van der Waals surface area contributed by atoms with Gasteiger partial charge in [-0.25, -0.2) is 8.78 Å². The van der Waals surface area contributed by atoms with Crippen LogP contribution in [-0.2, 0) is 0 Å². The van der Waals surface area contributed by atoms with Gasteiger partial charge in [-0.1, -0.05) is 24.3 Å². The number of rotatable bonds is 3. The molecule has 132 valence electrons. The van der Waals surface area contributed by atoms with Gasteiger partial charge in [0.05, 0.1) is 11.4 Å². The van der Waals surface area contributed by atoms with Crippen LogP contribution in [0, 0.1) is 23.0 Å². The third-order valence-corrected chi connectivity index (χ3v) is 5.17. The van der Waals surface area contributed by atoms with Crippen LogP contribution in [0.25, 0.3) is 15.9 Å². The van der Waals surface area contributed by atoms with Crippen LogP contribution in [0.3, 0.4) is 0 Å². The standard InChI is InChI=1S/C20H11F2N3OS/c21-14-7-4-8-15(22)19(14)24-18-13-9-10-17(26)25(12-5-2-1-3-6-12)20(13)27-16(18)11-23/h1-10,24H. The van der Waals surface area contributed by atoms with E-state index >= 15 is 0 Å². The number of thiophene rings is 1. The normalized spacial score (nSPS) is 10.7. The summed E-state index contributed by atoms with van der Waals surface area (Å²) in [4.78, 5) is 13.2. The molecule has 0 saturated heterocycles. The summed E-state index contributed by atoms with van der Waals surface area (Å²) in [5.41, 5.74) is 0.308. The first-order valence-corrected chi connectivity index (χ1v) is 8.77. The molecule has 0 radical (unpaired) electrons. The number of aromatic nitrogens is 1. The van der Waals surface area contributed by atoms with Gasteiger partial charge in [-0.2, -0.15) is 5.26 Å². The van der Waals surface area contributed by atoms with Gasteiger partial charge in [-0.3, -0.25) is 9.36 Å². The van der Waals surface area contributed by atoms with Crippen LogP contribution in [0.15, 0.2) is 65.5 Å². The van der Waals surface area contributed by atoms with E-state index in [-0.39, 0.29) is 21.8 Å². The zero-order valence-electron chi connectivity index (χ0n) is 13.7. The summed E-state index contributed by atoms with van der Waals surface area (Å²) < 4.78 is 29.6. The van der Waals surface area contributed by atoms with E-state index in [1.165, 1.54) is 16.7 Å². The number of para-hydroxylation sites is 2. The van der Waals surface area contributed by atoms with Gasteiger partial charge in [0.25, 0.3) is 5.56 Å². The van der Waals surface area contributed by atoms with Crippen molar-refractivity contribution in [2.24, 2.45) is 0 Å². The van der Waals surface area contributed by atoms with Crippen LogP contribution in [0.2, 0.25) is 0 Å². The Balaban J connectivity index is 1.98. The molecule has 2 aromatic carbocycles. The Labute approximate surface area is 156 Å². The Bertz CT molecular complexity index is 1240. The first-order valence-electron chi connectivity index (χ1n) is 7.95. The zero-order chi connectivity index (χ0) is 19.0. The smallest absolute Gasteiger partial charge is 0.256 e. The van der Waals surface area contributed by atoms with E-state index in [9.17, 15) is 18.8 Å². The summed E-state index contributed by atoms with van der Waals surface area (Å²) >= 11 is 1.08. The Morgan fingerprint density at radius 2 is 1.63 bits per heavy atom. The number of benzene rings is 2. The topological polar surface area (TPSA) is 57.8 Å². The molecule has 2 heterocycles. The second-order valence-corrected chi connectivity index (χ2v) is 6.70.